The predicted molar refractivity (Wildman–Crippen MR) is 90.1 cm³/mol. The Kier molecular flexibility index (Phi) is 6.17. The third-order valence-corrected chi connectivity index (χ3v) is 4.21. The number of amides is 4. The first-order valence-corrected chi connectivity index (χ1v) is 8.11. The molecule has 0 unspecified atom stereocenters. The maximum Gasteiger partial charge on any atom is 0.315 e. The van der Waals surface area contributed by atoms with Crippen LogP contribution in [0.1, 0.15) is 25.3 Å². The van der Waals surface area contributed by atoms with Gasteiger partial charge in [0.1, 0.15) is 6.04 Å². The maximum atomic E-state index is 12.1. The molecular weight excluding hydrogens is 308 g/mol. The molecule has 0 spiro atoms. The van der Waals surface area contributed by atoms with Gasteiger partial charge in [0.2, 0.25) is 11.8 Å². The number of benzene rings is 1. The fraction of sp³-hybridized carbons (Fsp3) is 0.471. The summed E-state index contributed by atoms with van der Waals surface area (Å²) >= 11 is 0. The largest absolute Gasteiger partial charge is 0.368 e. The van der Waals surface area contributed by atoms with E-state index in [0.717, 1.165) is 5.56 Å². The van der Waals surface area contributed by atoms with Gasteiger partial charge in [-0.05, 0) is 18.4 Å². The Labute approximate surface area is 141 Å². The maximum absolute atomic E-state index is 12.1. The van der Waals surface area contributed by atoms with E-state index in [1.807, 2.05) is 30.3 Å². The Morgan fingerprint density at radius 1 is 1.21 bits per heavy atom. The van der Waals surface area contributed by atoms with Crippen LogP contribution < -0.4 is 16.4 Å². The molecule has 7 nitrogen and oxygen atoms in total. The van der Waals surface area contributed by atoms with Crippen LogP contribution in [0, 0.1) is 0 Å². The van der Waals surface area contributed by atoms with Crippen molar-refractivity contribution >= 4 is 17.8 Å². The van der Waals surface area contributed by atoms with Crippen LogP contribution in [0.2, 0.25) is 0 Å². The van der Waals surface area contributed by atoms with Gasteiger partial charge < -0.3 is 21.3 Å². The average molecular weight is 332 g/mol. The highest BCUT2D eigenvalue weighted by Gasteiger charge is 2.24. The normalized spacial score (nSPS) is 16.3. The highest BCUT2D eigenvalue weighted by atomic mass is 16.2. The molecule has 1 aliphatic rings. The van der Waals surface area contributed by atoms with Crippen molar-refractivity contribution in [2.24, 2.45) is 5.73 Å². The summed E-state index contributed by atoms with van der Waals surface area (Å²) < 4.78 is 0. The van der Waals surface area contributed by atoms with Crippen LogP contribution in [0.5, 0.6) is 0 Å². The number of nitrogens with zero attached hydrogens (tertiary/aromatic N) is 1. The number of carbonyl (C=O) groups is 3. The minimum atomic E-state index is -0.760. The molecule has 1 saturated heterocycles. The number of likely N-dealkylation sites (tertiary alicyclic amines) is 1. The standard InChI is InChI=1S/C17H24N4O3/c1-12(22)21-9-7-14(8-10-21)19-17(24)20-15(16(18)23)11-13-5-3-2-4-6-13/h2-6,14-15H,7-11H2,1H3,(H2,18,23)(H2,19,20,24)/t15-/m0/s1. The topological polar surface area (TPSA) is 105 Å². The molecular formula is C17H24N4O3. The predicted octanol–water partition coefficient (Wildman–Crippen LogP) is 0.393. The number of nitrogens with one attached hydrogen (secondary N) is 2. The van der Waals surface area contributed by atoms with Crippen LogP contribution in [0.25, 0.3) is 0 Å². The van der Waals surface area contributed by atoms with Crippen molar-refractivity contribution in [1.29, 1.82) is 0 Å². The summed E-state index contributed by atoms with van der Waals surface area (Å²) in [5, 5.41) is 5.49. The van der Waals surface area contributed by atoms with E-state index in [1.54, 1.807) is 11.8 Å². The lowest BCUT2D eigenvalue weighted by molar-refractivity contribution is -0.129. The van der Waals surface area contributed by atoms with Gasteiger partial charge in [-0.15, -0.1) is 0 Å². The first-order valence-electron chi connectivity index (χ1n) is 8.11. The van der Waals surface area contributed by atoms with Gasteiger partial charge >= 0.3 is 6.03 Å². The van der Waals surface area contributed by atoms with Gasteiger partial charge in [0, 0.05) is 32.5 Å². The summed E-state index contributed by atoms with van der Waals surface area (Å²) in [6.07, 6.45) is 1.76. The fourth-order valence-corrected chi connectivity index (χ4v) is 2.80. The molecule has 7 heteroatoms. The number of hydrogen-bond donors (Lipinski definition) is 3. The molecule has 4 N–H and O–H groups in total. The Hall–Kier alpha value is -2.57. The molecule has 24 heavy (non-hydrogen) atoms. The van der Waals surface area contributed by atoms with Gasteiger partial charge in [0.15, 0.2) is 0 Å². The summed E-state index contributed by atoms with van der Waals surface area (Å²) in [7, 11) is 0. The zero-order valence-corrected chi connectivity index (χ0v) is 13.8. The number of hydrogen-bond acceptors (Lipinski definition) is 3. The van der Waals surface area contributed by atoms with Gasteiger partial charge in [-0.1, -0.05) is 30.3 Å². The van der Waals surface area contributed by atoms with Crippen molar-refractivity contribution in [3.63, 3.8) is 0 Å². The first-order chi connectivity index (χ1) is 11.5. The van der Waals surface area contributed by atoms with E-state index in [1.165, 1.54) is 0 Å². The summed E-state index contributed by atoms with van der Waals surface area (Å²) in [5.41, 5.74) is 6.32. The molecule has 0 radical (unpaired) electrons. The number of urea groups is 1. The average Bonchev–Trinajstić information content (AvgIpc) is 2.55. The molecule has 0 aromatic heterocycles. The SMILES string of the molecule is CC(=O)N1CCC(NC(=O)N[C@@H](Cc2ccccc2)C(N)=O)CC1. The summed E-state index contributed by atoms with van der Waals surface area (Å²) in [6.45, 7) is 2.80. The van der Waals surface area contributed by atoms with E-state index in [4.69, 9.17) is 5.73 Å². The van der Waals surface area contributed by atoms with Crippen molar-refractivity contribution in [1.82, 2.24) is 15.5 Å². The van der Waals surface area contributed by atoms with E-state index in [9.17, 15) is 14.4 Å². The van der Waals surface area contributed by atoms with Crippen LogP contribution in [-0.2, 0) is 16.0 Å². The smallest absolute Gasteiger partial charge is 0.315 e. The Bertz CT molecular complexity index is 583. The molecule has 130 valence electrons. The zero-order chi connectivity index (χ0) is 17.5. The lowest BCUT2D eigenvalue weighted by Gasteiger charge is -2.32. The molecule has 0 bridgehead atoms. The number of rotatable bonds is 5. The minimum Gasteiger partial charge on any atom is -0.368 e. The highest BCUT2D eigenvalue weighted by Crippen LogP contribution is 2.10. The lowest BCUT2D eigenvalue weighted by Crippen LogP contribution is -2.53. The zero-order valence-electron chi connectivity index (χ0n) is 13.8. The molecule has 1 aromatic carbocycles. The van der Waals surface area contributed by atoms with E-state index in [-0.39, 0.29) is 11.9 Å². The molecule has 4 amide bonds. The van der Waals surface area contributed by atoms with Gasteiger partial charge in [0.25, 0.3) is 0 Å². The number of primary amides is 1. The van der Waals surface area contributed by atoms with Gasteiger partial charge in [0.05, 0.1) is 0 Å². The molecule has 0 saturated carbocycles. The molecule has 2 rings (SSSR count). The van der Waals surface area contributed by atoms with E-state index in [2.05, 4.69) is 10.6 Å². The monoisotopic (exact) mass is 332 g/mol. The lowest BCUT2D eigenvalue weighted by atomic mass is 10.0. The highest BCUT2D eigenvalue weighted by molar-refractivity contribution is 5.86. The van der Waals surface area contributed by atoms with Gasteiger partial charge in [-0.2, -0.15) is 0 Å². The molecule has 1 aliphatic heterocycles. The van der Waals surface area contributed by atoms with Crippen molar-refractivity contribution in [3.05, 3.63) is 35.9 Å². The van der Waals surface area contributed by atoms with E-state index < -0.39 is 18.0 Å². The quantitative estimate of drug-likeness (QED) is 0.726. The van der Waals surface area contributed by atoms with Crippen LogP contribution in [0.15, 0.2) is 30.3 Å². The third kappa shape index (κ3) is 5.26. The van der Waals surface area contributed by atoms with Gasteiger partial charge in [-0.25, -0.2) is 4.79 Å². The number of nitrogens with two attached hydrogens (primary N) is 1. The third-order valence-electron chi connectivity index (χ3n) is 4.21. The first kappa shape index (κ1) is 17.8. The van der Waals surface area contributed by atoms with Crippen LogP contribution in [0.3, 0.4) is 0 Å². The van der Waals surface area contributed by atoms with Gasteiger partial charge in [-0.3, -0.25) is 9.59 Å². The van der Waals surface area contributed by atoms with Crippen molar-refractivity contribution < 1.29 is 14.4 Å². The summed E-state index contributed by atoms with van der Waals surface area (Å²) in [6, 6.07) is 8.22. The van der Waals surface area contributed by atoms with Crippen LogP contribution >= 0.6 is 0 Å². The molecule has 1 atom stereocenters. The van der Waals surface area contributed by atoms with Crippen LogP contribution in [0.4, 0.5) is 4.79 Å². The Morgan fingerprint density at radius 3 is 2.38 bits per heavy atom. The Balaban J connectivity index is 1.83. The van der Waals surface area contributed by atoms with E-state index >= 15 is 0 Å². The summed E-state index contributed by atoms with van der Waals surface area (Å²) in [5.74, 6) is -0.519. The second-order valence-electron chi connectivity index (χ2n) is 6.04. The molecule has 0 aliphatic carbocycles. The van der Waals surface area contributed by atoms with Crippen molar-refractivity contribution in [3.8, 4) is 0 Å². The Morgan fingerprint density at radius 2 is 1.83 bits per heavy atom. The minimum absolute atomic E-state index is 0.00847. The molecule has 1 fully saturated rings. The van der Waals surface area contributed by atoms with Crippen LogP contribution in [-0.4, -0.2) is 47.9 Å². The summed E-state index contributed by atoms with van der Waals surface area (Å²) in [4.78, 5) is 36.8. The van der Waals surface area contributed by atoms with Crippen molar-refractivity contribution in [2.45, 2.75) is 38.3 Å². The molecule has 1 aromatic rings. The number of piperidine rings is 1. The second-order valence-corrected chi connectivity index (χ2v) is 6.04. The number of carbonyl (C=O) groups excluding carboxylic acids is 3. The van der Waals surface area contributed by atoms with Crippen molar-refractivity contribution in [2.75, 3.05) is 13.1 Å². The second kappa shape index (κ2) is 8.33. The van der Waals surface area contributed by atoms with E-state index in [0.29, 0.717) is 32.4 Å². The molecule has 1 heterocycles. The fourth-order valence-electron chi connectivity index (χ4n) is 2.80.